The highest BCUT2D eigenvalue weighted by atomic mass is 35.5. The number of pyridine rings is 1. The molecule has 4 atom stereocenters. The number of primary amides is 1. The van der Waals surface area contributed by atoms with E-state index in [0.29, 0.717) is 27.9 Å². The maximum atomic E-state index is 11.3. The Morgan fingerprint density at radius 3 is 2.32 bits per heavy atom. The Balaban J connectivity index is 0.000000216. The van der Waals surface area contributed by atoms with Crippen molar-refractivity contribution in [2.24, 2.45) is 17.6 Å². The van der Waals surface area contributed by atoms with Gasteiger partial charge in [-0.3, -0.25) is 14.4 Å². The maximum absolute atomic E-state index is 11.3. The summed E-state index contributed by atoms with van der Waals surface area (Å²) in [6.07, 6.45) is 9.93. The number of anilines is 2. The summed E-state index contributed by atoms with van der Waals surface area (Å²) in [4.78, 5) is 48.7. The Morgan fingerprint density at radius 1 is 1.14 bits per heavy atom. The third kappa shape index (κ3) is 10.1. The van der Waals surface area contributed by atoms with Crippen LogP contribution >= 0.6 is 11.6 Å². The van der Waals surface area contributed by atoms with Gasteiger partial charge in [-0.05, 0) is 75.4 Å². The van der Waals surface area contributed by atoms with Gasteiger partial charge in [-0.1, -0.05) is 37.9 Å². The molecule has 1 aliphatic heterocycles. The van der Waals surface area contributed by atoms with Gasteiger partial charge in [-0.2, -0.15) is 5.10 Å². The highest BCUT2D eigenvalue weighted by Crippen LogP contribution is 2.40. The molecular formula is C32H46ClN7O4. The molecule has 3 aromatic rings. The minimum absolute atomic E-state index is 0.0999. The lowest BCUT2D eigenvalue weighted by Crippen LogP contribution is -2.38. The molecule has 3 unspecified atom stereocenters. The van der Waals surface area contributed by atoms with Gasteiger partial charge in [0.2, 0.25) is 0 Å². The molecule has 2 aromatic heterocycles. The monoisotopic (exact) mass is 627 g/mol. The van der Waals surface area contributed by atoms with Gasteiger partial charge >= 0.3 is 0 Å². The fourth-order valence-electron chi connectivity index (χ4n) is 5.47. The van der Waals surface area contributed by atoms with E-state index >= 15 is 0 Å². The largest absolute Gasteiger partial charge is 0.388 e. The van der Waals surface area contributed by atoms with Gasteiger partial charge in [-0.25, -0.2) is 4.98 Å². The van der Waals surface area contributed by atoms with Crippen LogP contribution in [-0.2, 0) is 20.9 Å². The quantitative estimate of drug-likeness (QED) is 0.212. The number of fused-ring (bicyclic) bond motifs is 3. The molecule has 3 heterocycles. The number of likely N-dealkylation sites (N-methyl/N-ethyl adjacent to an activating group) is 1. The van der Waals surface area contributed by atoms with Crippen molar-refractivity contribution >= 4 is 58.8 Å². The molecule has 0 spiro atoms. The Hall–Kier alpha value is -3.83. The summed E-state index contributed by atoms with van der Waals surface area (Å²) < 4.78 is 1.46. The van der Waals surface area contributed by atoms with Crippen LogP contribution < -0.4 is 16.4 Å². The third-order valence-electron chi connectivity index (χ3n) is 7.98. The minimum Gasteiger partial charge on any atom is -0.388 e. The number of carbonyl (C=O) groups is 4. The van der Waals surface area contributed by atoms with Crippen molar-refractivity contribution < 1.29 is 19.2 Å². The van der Waals surface area contributed by atoms with Crippen molar-refractivity contribution in [1.82, 2.24) is 19.7 Å². The standard InChI is InChI=1S/C11H12N4O2.C8H13NO.C7H14O.C6H7ClN2/c1-13-7-2-3-9-8(6-7)10(11(12)17)14-15(9)4-5-16;1-9-7-3-2-6(4-7)8(9)5-10;1-3-5-7(4-2)6-8;1-8-6-4-2-3-5(7)9-6/h2-3,5-6,13H,4H2,1H3,(H2,12,17);5-8H,2-4H2,1H3;6-7H,3-5H2,1-2H3;2-4H,1H3,(H,8,9)/t;6?,7-,8?;;/m.0../s1. The summed E-state index contributed by atoms with van der Waals surface area (Å²) in [6, 6.07) is 11.8. The van der Waals surface area contributed by atoms with E-state index < -0.39 is 5.91 Å². The average molecular weight is 628 g/mol. The number of benzene rings is 1. The molecule has 1 saturated carbocycles. The van der Waals surface area contributed by atoms with Crippen LogP contribution in [0.1, 0.15) is 62.9 Å². The first-order valence-electron chi connectivity index (χ1n) is 15.0. The second kappa shape index (κ2) is 18.7. The maximum Gasteiger partial charge on any atom is 0.269 e. The predicted octanol–water partition coefficient (Wildman–Crippen LogP) is 4.83. The summed E-state index contributed by atoms with van der Waals surface area (Å²) in [6.45, 7) is 4.25. The second-order valence-corrected chi connectivity index (χ2v) is 11.1. The number of carbonyl (C=O) groups excluding carboxylic acids is 4. The number of nitrogens with two attached hydrogens (primary N) is 1. The number of likely N-dealkylation sites (tertiary alicyclic amines) is 1. The Labute approximate surface area is 264 Å². The van der Waals surface area contributed by atoms with Gasteiger partial charge in [0.15, 0.2) is 5.69 Å². The number of nitrogens with zero attached hydrogens (tertiary/aromatic N) is 4. The Bertz CT molecular complexity index is 1360. The first-order valence-corrected chi connectivity index (χ1v) is 15.4. The number of rotatable bonds is 10. The van der Waals surface area contributed by atoms with Gasteiger partial charge in [-0.15, -0.1) is 0 Å². The van der Waals surface area contributed by atoms with Crippen LogP contribution in [0.25, 0.3) is 10.9 Å². The number of amides is 1. The molecule has 5 rings (SSSR count). The number of nitrogens with one attached hydrogen (secondary N) is 2. The van der Waals surface area contributed by atoms with Crippen molar-refractivity contribution in [2.75, 3.05) is 31.8 Å². The molecule has 1 aromatic carbocycles. The summed E-state index contributed by atoms with van der Waals surface area (Å²) in [7, 11) is 5.66. The van der Waals surface area contributed by atoms with Crippen molar-refractivity contribution in [2.45, 2.75) is 71.0 Å². The third-order valence-corrected chi connectivity index (χ3v) is 8.19. The fraction of sp³-hybridized carbons (Fsp3) is 0.500. The molecule has 44 heavy (non-hydrogen) atoms. The smallest absolute Gasteiger partial charge is 0.269 e. The summed E-state index contributed by atoms with van der Waals surface area (Å²) in [5, 5.41) is 11.0. The van der Waals surface area contributed by atoms with E-state index in [1.54, 1.807) is 32.3 Å². The molecule has 1 amide bonds. The lowest BCUT2D eigenvalue weighted by molar-refractivity contribution is -0.113. The van der Waals surface area contributed by atoms with Crippen LogP contribution in [-0.4, -0.2) is 77.7 Å². The molecule has 0 radical (unpaired) electrons. The van der Waals surface area contributed by atoms with Crippen LogP contribution in [0.2, 0.25) is 5.15 Å². The van der Waals surface area contributed by atoms with E-state index in [0.717, 1.165) is 55.7 Å². The lowest BCUT2D eigenvalue weighted by atomic mass is 10.0. The topological polar surface area (TPSA) is 152 Å². The number of halogens is 1. The van der Waals surface area contributed by atoms with Crippen molar-refractivity contribution in [3.63, 3.8) is 0 Å². The number of aromatic nitrogens is 3. The average Bonchev–Trinajstić information content (AvgIpc) is 3.74. The first kappa shape index (κ1) is 36.4. The van der Waals surface area contributed by atoms with Crippen molar-refractivity contribution in [3.05, 3.63) is 47.2 Å². The molecule has 1 aliphatic carbocycles. The lowest BCUT2D eigenvalue weighted by Gasteiger charge is -2.27. The van der Waals surface area contributed by atoms with Crippen molar-refractivity contribution in [3.8, 4) is 0 Å². The van der Waals surface area contributed by atoms with Gasteiger partial charge in [0.1, 0.15) is 29.8 Å². The van der Waals surface area contributed by atoms with Crippen LogP contribution in [0.5, 0.6) is 0 Å². The molecule has 12 heteroatoms. The van der Waals surface area contributed by atoms with Crippen molar-refractivity contribution in [1.29, 1.82) is 0 Å². The zero-order chi connectivity index (χ0) is 32.6. The highest BCUT2D eigenvalue weighted by molar-refractivity contribution is 6.29. The van der Waals surface area contributed by atoms with E-state index in [1.807, 2.05) is 18.2 Å². The van der Waals surface area contributed by atoms with Gasteiger partial charge in [0.25, 0.3) is 5.91 Å². The zero-order valence-corrected chi connectivity index (χ0v) is 27.1. The number of hydrogen-bond donors (Lipinski definition) is 3. The SMILES string of the molecule is CCCC(C=O)CC.CN1C(C=O)C2CC[C@H]1C2.CNc1ccc2c(c1)c(C(N)=O)nn2CC=O.CNc1cccc(Cl)n1. The zero-order valence-electron chi connectivity index (χ0n) is 26.3. The Morgan fingerprint density at radius 2 is 1.89 bits per heavy atom. The fourth-order valence-corrected chi connectivity index (χ4v) is 5.63. The molecule has 2 aliphatic rings. The van der Waals surface area contributed by atoms with Crippen LogP contribution in [0.3, 0.4) is 0 Å². The minimum atomic E-state index is -0.604. The van der Waals surface area contributed by atoms with Gasteiger partial charge in [0, 0.05) is 37.1 Å². The summed E-state index contributed by atoms with van der Waals surface area (Å²) >= 11 is 5.57. The summed E-state index contributed by atoms with van der Waals surface area (Å²) in [5.41, 5.74) is 7.00. The molecule has 240 valence electrons. The molecule has 1 saturated heterocycles. The van der Waals surface area contributed by atoms with Crippen LogP contribution in [0.15, 0.2) is 36.4 Å². The first-order chi connectivity index (χ1) is 21.2. The predicted molar refractivity (Wildman–Crippen MR) is 176 cm³/mol. The van der Waals surface area contributed by atoms with E-state index in [1.165, 1.54) is 23.9 Å². The highest BCUT2D eigenvalue weighted by Gasteiger charge is 2.43. The molecule has 4 N–H and O–H groups in total. The van der Waals surface area contributed by atoms with E-state index in [-0.39, 0.29) is 18.3 Å². The molecular weight excluding hydrogens is 582 g/mol. The van der Waals surface area contributed by atoms with E-state index in [4.69, 9.17) is 17.3 Å². The second-order valence-electron chi connectivity index (χ2n) is 10.8. The number of piperidine rings is 1. The number of aldehydes is 3. The number of hydrogen-bond acceptors (Lipinski definition) is 9. The molecule has 11 nitrogen and oxygen atoms in total. The van der Waals surface area contributed by atoms with Crippen LogP contribution in [0.4, 0.5) is 11.5 Å². The van der Waals surface area contributed by atoms with Gasteiger partial charge in [0.05, 0.1) is 18.1 Å². The molecule has 2 bridgehead atoms. The van der Waals surface area contributed by atoms with E-state index in [9.17, 15) is 19.2 Å². The molecule has 2 fully saturated rings. The normalized spacial score (nSPS) is 18.8. The van der Waals surface area contributed by atoms with E-state index in [2.05, 4.69) is 46.5 Å². The van der Waals surface area contributed by atoms with Gasteiger partial charge < -0.3 is 30.8 Å². The summed E-state index contributed by atoms with van der Waals surface area (Å²) in [5.74, 6) is 1.20. The van der Waals surface area contributed by atoms with Crippen LogP contribution in [0, 0.1) is 11.8 Å². The Kier molecular flexibility index (Phi) is 15.5.